The first-order valence-corrected chi connectivity index (χ1v) is 11.8. The van der Waals surface area contributed by atoms with E-state index >= 15 is 0 Å². The molecule has 10 nitrogen and oxygen atoms in total. The van der Waals surface area contributed by atoms with Crippen LogP contribution in [0.5, 0.6) is 0 Å². The van der Waals surface area contributed by atoms with E-state index in [1.165, 1.54) is 17.5 Å². The Hall–Kier alpha value is -3.28. The van der Waals surface area contributed by atoms with Gasteiger partial charge in [0.2, 0.25) is 0 Å². The van der Waals surface area contributed by atoms with Crippen molar-refractivity contribution in [3.05, 3.63) is 52.8 Å². The van der Waals surface area contributed by atoms with Crippen LogP contribution in [0.1, 0.15) is 28.0 Å². The van der Waals surface area contributed by atoms with Gasteiger partial charge >= 0.3 is 5.97 Å². The zero-order valence-electron chi connectivity index (χ0n) is 19.1. The fourth-order valence-electron chi connectivity index (χ4n) is 2.93. The summed E-state index contributed by atoms with van der Waals surface area (Å²) < 4.78 is 5.96. The third kappa shape index (κ3) is 7.11. The SMILES string of the molecule is CCOC(=O)CNCCNc1cc(Nc2ncc(C(=O)N(Cl)c3ccccc3C)s2)nc(C)n1. The first-order chi connectivity index (χ1) is 16.4. The molecule has 0 unspecified atom stereocenters. The summed E-state index contributed by atoms with van der Waals surface area (Å²) >= 11 is 7.47. The molecule has 3 aromatic rings. The van der Waals surface area contributed by atoms with Gasteiger partial charge in [-0.3, -0.25) is 9.59 Å². The number of esters is 1. The monoisotopic (exact) mass is 503 g/mol. The minimum absolute atomic E-state index is 0.153. The molecule has 0 aliphatic rings. The molecule has 3 N–H and O–H groups in total. The van der Waals surface area contributed by atoms with Crippen LogP contribution >= 0.6 is 23.1 Å². The van der Waals surface area contributed by atoms with E-state index in [1.54, 1.807) is 26.0 Å². The minimum atomic E-state index is -0.363. The molecule has 2 aromatic heterocycles. The number of halogens is 1. The lowest BCUT2D eigenvalue weighted by molar-refractivity contribution is -0.141. The third-order valence-electron chi connectivity index (χ3n) is 4.48. The summed E-state index contributed by atoms with van der Waals surface area (Å²) in [6, 6.07) is 9.12. The molecule has 0 saturated heterocycles. The number of carbonyl (C=O) groups excluding carboxylic acids is 2. The summed E-state index contributed by atoms with van der Waals surface area (Å²) in [7, 11) is 0. The molecule has 2 heterocycles. The van der Waals surface area contributed by atoms with E-state index in [9.17, 15) is 9.59 Å². The highest BCUT2D eigenvalue weighted by molar-refractivity contribution is 7.17. The van der Waals surface area contributed by atoms with Crippen LogP contribution in [0.3, 0.4) is 0 Å². The zero-order valence-corrected chi connectivity index (χ0v) is 20.7. The Kier molecular flexibility index (Phi) is 9.14. The van der Waals surface area contributed by atoms with Crippen molar-refractivity contribution in [2.75, 3.05) is 41.3 Å². The van der Waals surface area contributed by atoms with Gasteiger partial charge in [0.1, 0.15) is 22.3 Å². The van der Waals surface area contributed by atoms with Crippen molar-refractivity contribution in [2.45, 2.75) is 20.8 Å². The molecule has 0 spiro atoms. The van der Waals surface area contributed by atoms with Crippen molar-refractivity contribution < 1.29 is 14.3 Å². The van der Waals surface area contributed by atoms with Gasteiger partial charge in [0, 0.05) is 30.9 Å². The Balaban J connectivity index is 1.58. The van der Waals surface area contributed by atoms with E-state index in [-0.39, 0.29) is 18.4 Å². The maximum absolute atomic E-state index is 12.8. The Morgan fingerprint density at radius 2 is 1.91 bits per heavy atom. The van der Waals surface area contributed by atoms with Crippen LogP contribution in [-0.4, -0.2) is 53.1 Å². The number of hydrogen-bond donors (Lipinski definition) is 3. The predicted molar refractivity (Wildman–Crippen MR) is 134 cm³/mol. The van der Waals surface area contributed by atoms with E-state index in [2.05, 4.69) is 30.9 Å². The number of benzene rings is 1. The maximum Gasteiger partial charge on any atom is 0.319 e. The number of nitrogens with one attached hydrogen (secondary N) is 3. The van der Waals surface area contributed by atoms with E-state index in [0.717, 1.165) is 9.98 Å². The molecule has 0 atom stereocenters. The van der Waals surface area contributed by atoms with E-state index in [0.29, 0.717) is 52.9 Å². The topological polar surface area (TPSA) is 121 Å². The van der Waals surface area contributed by atoms with Crippen LogP contribution in [-0.2, 0) is 9.53 Å². The Bertz CT molecular complexity index is 1140. The van der Waals surface area contributed by atoms with Crippen LogP contribution in [0.4, 0.5) is 22.5 Å². The number of hydrogen-bond acceptors (Lipinski definition) is 10. The molecule has 0 bridgehead atoms. The second-order valence-electron chi connectivity index (χ2n) is 7.12. The second-order valence-corrected chi connectivity index (χ2v) is 8.49. The van der Waals surface area contributed by atoms with Crippen LogP contribution in [0.15, 0.2) is 36.5 Å². The van der Waals surface area contributed by atoms with Gasteiger partial charge in [0.15, 0.2) is 5.13 Å². The Morgan fingerprint density at radius 1 is 1.15 bits per heavy atom. The molecular weight excluding hydrogens is 478 g/mol. The van der Waals surface area contributed by atoms with Gasteiger partial charge in [-0.2, -0.15) is 0 Å². The fraction of sp³-hybridized carbons (Fsp3) is 0.318. The summed E-state index contributed by atoms with van der Waals surface area (Å²) in [6.07, 6.45) is 1.48. The summed E-state index contributed by atoms with van der Waals surface area (Å²) in [6.45, 7) is 7.05. The number of thiazole rings is 1. The number of anilines is 4. The minimum Gasteiger partial charge on any atom is -0.465 e. The van der Waals surface area contributed by atoms with E-state index in [1.807, 2.05) is 25.1 Å². The summed E-state index contributed by atoms with van der Waals surface area (Å²) in [5.74, 6) is 1.06. The summed E-state index contributed by atoms with van der Waals surface area (Å²) in [5, 5.41) is 9.78. The van der Waals surface area contributed by atoms with Gasteiger partial charge in [-0.05, 0) is 32.4 Å². The van der Waals surface area contributed by atoms with Gasteiger partial charge in [-0.15, -0.1) is 0 Å². The number of aryl methyl sites for hydroxylation is 2. The standard InChI is InChI=1S/C22H26ClN7O3S/c1-4-33-20(31)13-24-9-10-25-18-11-19(28-15(3)27-18)29-22-26-12-17(34-22)21(32)30(23)16-8-6-5-7-14(16)2/h5-8,11-12,24H,4,9-10,13H2,1-3H3,(H2,25,26,27,28,29). The van der Waals surface area contributed by atoms with Gasteiger partial charge in [-0.1, -0.05) is 29.5 Å². The van der Waals surface area contributed by atoms with Crippen LogP contribution in [0.25, 0.3) is 0 Å². The Labute approximate surface area is 206 Å². The van der Waals surface area contributed by atoms with Crippen molar-refractivity contribution in [3.63, 3.8) is 0 Å². The number of ether oxygens (including phenoxy) is 1. The smallest absolute Gasteiger partial charge is 0.319 e. The normalized spacial score (nSPS) is 10.6. The highest BCUT2D eigenvalue weighted by Crippen LogP contribution is 2.28. The lowest BCUT2D eigenvalue weighted by atomic mass is 10.2. The molecule has 0 aliphatic heterocycles. The van der Waals surface area contributed by atoms with Crippen LogP contribution in [0.2, 0.25) is 0 Å². The highest BCUT2D eigenvalue weighted by atomic mass is 35.5. The van der Waals surface area contributed by atoms with Gasteiger partial charge in [0.05, 0.1) is 25.0 Å². The Morgan fingerprint density at radius 3 is 2.68 bits per heavy atom. The zero-order chi connectivity index (χ0) is 24.5. The second kappa shape index (κ2) is 12.3. The largest absolute Gasteiger partial charge is 0.465 e. The summed E-state index contributed by atoms with van der Waals surface area (Å²) in [5.41, 5.74) is 1.51. The highest BCUT2D eigenvalue weighted by Gasteiger charge is 2.20. The average molecular weight is 504 g/mol. The molecule has 0 radical (unpaired) electrons. The molecule has 1 aromatic carbocycles. The number of para-hydroxylation sites is 1. The number of aromatic nitrogens is 3. The molecular formula is C22H26ClN7O3S. The van der Waals surface area contributed by atoms with Gasteiger partial charge < -0.3 is 20.7 Å². The average Bonchev–Trinajstić information content (AvgIpc) is 3.26. The van der Waals surface area contributed by atoms with Crippen molar-refractivity contribution in [2.24, 2.45) is 0 Å². The third-order valence-corrected chi connectivity index (χ3v) is 5.71. The molecule has 1 amide bonds. The van der Waals surface area contributed by atoms with Crippen molar-refractivity contribution >= 4 is 57.4 Å². The van der Waals surface area contributed by atoms with Crippen molar-refractivity contribution in [1.29, 1.82) is 0 Å². The molecule has 0 fully saturated rings. The lowest BCUT2D eigenvalue weighted by Gasteiger charge is -2.14. The molecule has 34 heavy (non-hydrogen) atoms. The number of nitrogens with zero attached hydrogens (tertiary/aromatic N) is 4. The lowest BCUT2D eigenvalue weighted by Crippen LogP contribution is -2.29. The van der Waals surface area contributed by atoms with Gasteiger partial charge in [-0.25, -0.2) is 19.4 Å². The first kappa shape index (κ1) is 25.3. The molecule has 12 heteroatoms. The summed E-state index contributed by atoms with van der Waals surface area (Å²) in [4.78, 5) is 37.5. The maximum atomic E-state index is 12.8. The molecule has 0 saturated carbocycles. The quantitative estimate of drug-likeness (QED) is 0.204. The fourth-order valence-corrected chi connectivity index (χ4v) is 4.02. The number of carbonyl (C=O) groups is 2. The van der Waals surface area contributed by atoms with E-state index < -0.39 is 0 Å². The van der Waals surface area contributed by atoms with Crippen LogP contribution in [0, 0.1) is 13.8 Å². The number of rotatable bonds is 11. The van der Waals surface area contributed by atoms with Crippen LogP contribution < -0.4 is 20.4 Å². The molecule has 3 rings (SSSR count). The van der Waals surface area contributed by atoms with Gasteiger partial charge in [0.25, 0.3) is 5.91 Å². The van der Waals surface area contributed by atoms with Crippen molar-refractivity contribution in [1.82, 2.24) is 20.3 Å². The molecule has 180 valence electrons. The molecule has 0 aliphatic carbocycles. The first-order valence-electron chi connectivity index (χ1n) is 10.6. The number of amides is 1. The van der Waals surface area contributed by atoms with E-state index in [4.69, 9.17) is 16.5 Å². The predicted octanol–water partition coefficient (Wildman–Crippen LogP) is 3.66. The van der Waals surface area contributed by atoms with Crippen molar-refractivity contribution in [3.8, 4) is 0 Å².